The third-order valence-corrected chi connectivity index (χ3v) is 7.16. The van der Waals surface area contributed by atoms with Crippen LogP contribution in [0, 0.1) is 22.7 Å². The molecule has 0 bridgehead atoms. The summed E-state index contributed by atoms with van der Waals surface area (Å²) in [5.41, 5.74) is 2.04. The van der Waals surface area contributed by atoms with Crippen LogP contribution in [0.5, 0.6) is 0 Å². The number of ketones is 1. The van der Waals surface area contributed by atoms with Crippen LogP contribution in [-0.4, -0.2) is 42.4 Å². The Morgan fingerprint density at radius 2 is 2.00 bits per heavy atom. The maximum atomic E-state index is 12.8. The van der Waals surface area contributed by atoms with Crippen LogP contribution >= 0.6 is 0 Å². The van der Waals surface area contributed by atoms with E-state index in [2.05, 4.69) is 25.7 Å². The molecular weight excluding hydrogens is 326 g/mol. The van der Waals surface area contributed by atoms with E-state index >= 15 is 0 Å². The lowest BCUT2D eigenvalue weighted by molar-refractivity contribution is -0.144. The number of rotatable bonds is 2. The Labute approximate surface area is 156 Å². The molecule has 1 unspecified atom stereocenters. The van der Waals surface area contributed by atoms with E-state index in [-0.39, 0.29) is 35.1 Å². The number of carbonyl (C=O) groups is 2. The molecule has 3 fully saturated rings. The van der Waals surface area contributed by atoms with Gasteiger partial charge in [0.1, 0.15) is 6.10 Å². The van der Waals surface area contributed by atoms with E-state index in [0.717, 1.165) is 43.6 Å². The minimum Gasteiger partial charge on any atom is -0.457 e. The molecule has 0 aromatic heterocycles. The molecule has 4 heteroatoms. The fourth-order valence-corrected chi connectivity index (χ4v) is 5.76. The second-order valence-electron chi connectivity index (χ2n) is 9.82. The number of allylic oxidation sites excluding steroid dienone is 3. The van der Waals surface area contributed by atoms with Crippen LogP contribution in [0.2, 0.25) is 0 Å². The van der Waals surface area contributed by atoms with Gasteiger partial charge in [-0.25, -0.2) is 0 Å². The second kappa shape index (κ2) is 6.05. The summed E-state index contributed by atoms with van der Waals surface area (Å²) in [5.74, 6) is 0.162. The number of likely N-dealkylation sites (tertiary alicyclic amines) is 1. The Kier molecular flexibility index (Phi) is 4.18. The van der Waals surface area contributed by atoms with Crippen LogP contribution < -0.4 is 0 Å². The third kappa shape index (κ3) is 2.87. The molecule has 2 saturated heterocycles. The maximum absolute atomic E-state index is 12.8. The predicted molar refractivity (Wildman–Crippen MR) is 101 cm³/mol. The van der Waals surface area contributed by atoms with Gasteiger partial charge in [-0.05, 0) is 56.2 Å². The Morgan fingerprint density at radius 3 is 2.73 bits per heavy atom. The number of hydrogen-bond donors (Lipinski definition) is 0. The van der Waals surface area contributed by atoms with Gasteiger partial charge in [0.25, 0.3) is 0 Å². The summed E-state index contributed by atoms with van der Waals surface area (Å²) in [7, 11) is 0. The number of piperidine rings is 1. The van der Waals surface area contributed by atoms with E-state index in [4.69, 9.17) is 4.74 Å². The van der Waals surface area contributed by atoms with Gasteiger partial charge in [0.05, 0.1) is 5.92 Å². The molecule has 1 saturated carbocycles. The van der Waals surface area contributed by atoms with Crippen LogP contribution in [0.25, 0.3) is 0 Å². The molecule has 4 rings (SSSR count). The molecule has 2 aliphatic carbocycles. The van der Waals surface area contributed by atoms with Crippen LogP contribution in [0.4, 0.5) is 0 Å². The fourth-order valence-electron chi connectivity index (χ4n) is 5.76. The Bertz CT molecular complexity index is 704. The highest BCUT2D eigenvalue weighted by atomic mass is 16.6. The monoisotopic (exact) mass is 357 g/mol. The molecule has 0 aromatic rings. The minimum atomic E-state index is -0.210. The molecule has 2 aliphatic heterocycles. The smallest absolute Gasteiger partial charge is 0.311 e. The van der Waals surface area contributed by atoms with Crippen molar-refractivity contribution in [3.63, 3.8) is 0 Å². The maximum Gasteiger partial charge on any atom is 0.311 e. The van der Waals surface area contributed by atoms with Gasteiger partial charge in [-0.1, -0.05) is 26.8 Å². The van der Waals surface area contributed by atoms with Crippen LogP contribution in [0.1, 0.15) is 53.4 Å². The molecule has 142 valence electrons. The first-order chi connectivity index (χ1) is 12.2. The van der Waals surface area contributed by atoms with E-state index in [1.54, 1.807) is 6.08 Å². The normalized spacial score (nSPS) is 39.6. The third-order valence-electron chi connectivity index (χ3n) is 7.16. The quantitative estimate of drug-likeness (QED) is 0.710. The number of ether oxygens (including phenoxy) is 1. The summed E-state index contributed by atoms with van der Waals surface area (Å²) in [5, 5.41) is 0. The molecular formula is C22H31NO3. The fraction of sp³-hybridized carbons (Fsp3) is 0.727. The molecule has 2 heterocycles. The zero-order valence-corrected chi connectivity index (χ0v) is 16.5. The molecule has 0 N–H and O–H groups in total. The second-order valence-corrected chi connectivity index (χ2v) is 9.82. The molecule has 0 amide bonds. The zero-order valence-electron chi connectivity index (χ0n) is 16.5. The largest absolute Gasteiger partial charge is 0.457 e. The summed E-state index contributed by atoms with van der Waals surface area (Å²) >= 11 is 0. The molecule has 4 nitrogen and oxygen atoms in total. The number of esters is 1. The summed E-state index contributed by atoms with van der Waals surface area (Å²) in [4.78, 5) is 27.5. The van der Waals surface area contributed by atoms with Crippen molar-refractivity contribution in [2.45, 2.75) is 59.5 Å². The van der Waals surface area contributed by atoms with Gasteiger partial charge in [-0.15, -0.1) is 0 Å². The topological polar surface area (TPSA) is 46.6 Å². The molecule has 0 radical (unpaired) electrons. The lowest BCUT2D eigenvalue weighted by Gasteiger charge is -2.44. The predicted octanol–water partition coefficient (Wildman–Crippen LogP) is 3.52. The lowest BCUT2D eigenvalue weighted by atomic mass is 9.61. The molecule has 0 aromatic carbocycles. The SMILES string of the molecule is CC1=C2[C@H]3OC(=O)C(CN4CCCC(C)(C)C4)[C@@H]3CC[C@@]2(C)C=CC1=O. The van der Waals surface area contributed by atoms with Crippen LogP contribution in [0.3, 0.4) is 0 Å². The Morgan fingerprint density at radius 1 is 1.23 bits per heavy atom. The van der Waals surface area contributed by atoms with E-state index < -0.39 is 0 Å². The summed E-state index contributed by atoms with van der Waals surface area (Å²) in [6.45, 7) is 11.6. The highest BCUT2D eigenvalue weighted by Crippen LogP contribution is 2.53. The van der Waals surface area contributed by atoms with Crippen molar-refractivity contribution in [1.29, 1.82) is 0 Å². The van der Waals surface area contributed by atoms with E-state index in [9.17, 15) is 9.59 Å². The first-order valence-electron chi connectivity index (χ1n) is 10.1. The van der Waals surface area contributed by atoms with Gasteiger partial charge in [0.2, 0.25) is 0 Å². The van der Waals surface area contributed by atoms with Crippen molar-refractivity contribution < 1.29 is 14.3 Å². The number of fused-ring (bicyclic) bond motifs is 3. The van der Waals surface area contributed by atoms with Gasteiger partial charge in [-0.3, -0.25) is 9.59 Å². The van der Waals surface area contributed by atoms with Crippen molar-refractivity contribution in [1.82, 2.24) is 4.90 Å². The average molecular weight is 357 g/mol. The molecule has 26 heavy (non-hydrogen) atoms. The van der Waals surface area contributed by atoms with Crippen molar-refractivity contribution in [3.8, 4) is 0 Å². The highest BCUT2D eigenvalue weighted by molar-refractivity contribution is 6.05. The standard InChI is InChI=1S/C22H31NO3/c1-14-17(24)7-10-22(4)9-6-15-16(20(25)26-19(15)18(14)22)12-23-11-5-8-21(2,3)13-23/h7,10,15-16,19H,5-6,8-9,11-13H2,1-4H3/t15-,16?,19-,22-/m0/s1. The van der Waals surface area contributed by atoms with Crippen molar-refractivity contribution in [3.05, 3.63) is 23.3 Å². The van der Waals surface area contributed by atoms with Crippen molar-refractivity contribution in [2.24, 2.45) is 22.7 Å². The zero-order chi connectivity index (χ0) is 18.7. The number of hydrogen-bond acceptors (Lipinski definition) is 4. The van der Waals surface area contributed by atoms with Crippen molar-refractivity contribution >= 4 is 11.8 Å². The van der Waals surface area contributed by atoms with Gasteiger partial charge < -0.3 is 9.64 Å². The van der Waals surface area contributed by atoms with Gasteiger partial charge in [0, 0.05) is 30.0 Å². The Balaban J connectivity index is 1.57. The molecule has 4 atom stereocenters. The van der Waals surface area contributed by atoms with E-state index in [0.29, 0.717) is 5.41 Å². The Hall–Kier alpha value is -1.42. The number of carbonyl (C=O) groups excluding carboxylic acids is 2. The summed E-state index contributed by atoms with van der Waals surface area (Å²) in [6.07, 6.45) is 7.95. The minimum absolute atomic E-state index is 0.0558. The lowest BCUT2D eigenvalue weighted by Crippen LogP contribution is -2.45. The first kappa shape index (κ1) is 18.0. The van der Waals surface area contributed by atoms with Gasteiger partial charge in [-0.2, -0.15) is 0 Å². The van der Waals surface area contributed by atoms with E-state index in [1.165, 1.54) is 12.8 Å². The summed E-state index contributed by atoms with van der Waals surface area (Å²) < 4.78 is 5.92. The van der Waals surface area contributed by atoms with E-state index in [1.807, 2.05) is 13.0 Å². The average Bonchev–Trinajstić information content (AvgIpc) is 2.86. The van der Waals surface area contributed by atoms with Gasteiger partial charge >= 0.3 is 5.97 Å². The molecule has 4 aliphatic rings. The van der Waals surface area contributed by atoms with Crippen LogP contribution in [0.15, 0.2) is 23.3 Å². The highest BCUT2D eigenvalue weighted by Gasteiger charge is 2.54. The van der Waals surface area contributed by atoms with Crippen molar-refractivity contribution in [2.75, 3.05) is 19.6 Å². The summed E-state index contributed by atoms with van der Waals surface area (Å²) in [6, 6.07) is 0. The number of nitrogens with zero attached hydrogens (tertiary/aromatic N) is 1. The first-order valence-corrected chi connectivity index (χ1v) is 10.1. The van der Waals surface area contributed by atoms with Crippen LogP contribution in [-0.2, 0) is 14.3 Å². The molecule has 0 spiro atoms. The van der Waals surface area contributed by atoms with Gasteiger partial charge in [0.15, 0.2) is 5.78 Å².